The molecule has 4 heteroatoms. The van der Waals surface area contributed by atoms with Crippen molar-refractivity contribution in [1.29, 1.82) is 0 Å². The summed E-state index contributed by atoms with van der Waals surface area (Å²) < 4.78 is 0.916. The number of fused-ring (bicyclic) bond motifs is 1. The van der Waals surface area contributed by atoms with E-state index >= 15 is 0 Å². The summed E-state index contributed by atoms with van der Waals surface area (Å²) in [7, 11) is 0. The highest BCUT2D eigenvalue weighted by molar-refractivity contribution is 9.10. The van der Waals surface area contributed by atoms with Crippen LogP contribution in [0.4, 0.5) is 11.4 Å². The number of rotatable bonds is 0. The van der Waals surface area contributed by atoms with E-state index in [2.05, 4.69) is 26.2 Å². The van der Waals surface area contributed by atoms with Gasteiger partial charge in [-0.25, -0.2) is 4.98 Å². The van der Waals surface area contributed by atoms with Gasteiger partial charge >= 0.3 is 0 Å². The molecule has 0 saturated heterocycles. The van der Waals surface area contributed by atoms with Crippen LogP contribution in [0, 0.1) is 0 Å². The molecule has 3 nitrogen and oxygen atoms in total. The number of nitrogens with zero attached hydrogens (tertiary/aromatic N) is 1. The van der Waals surface area contributed by atoms with Gasteiger partial charge in [0.15, 0.2) is 0 Å². The third kappa shape index (κ3) is 1.16. The van der Waals surface area contributed by atoms with Gasteiger partial charge < -0.3 is 11.1 Å². The second kappa shape index (κ2) is 2.94. The predicted octanol–water partition coefficient (Wildman–Crippen LogP) is 1.78. The van der Waals surface area contributed by atoms with E-state index in [-0.39, 0.29) is 0 Å². The third-order valence-corrected chi connectivity index (χ3v) is 2.75. The number of hydrogen-bond acceptors (Lipinski definition) is 3. The number of aromatic nitrogens is 1. The summed E-state index contributed by atoms with van der Waals surface area (Å²) in [5, 5.41) is 3.28. The van der Waals surface area contributed by atoms with E-state index in [9.17, 15) is 0 Å². The number of halogens is 1. The van der Waals surface area contributed by atoms with Crippen LogP contribution in [0.1, 0.15) is 12.0 Å². The van der Waals surface area contributed by atoms with Crippen molar-refractivity contribution >= 4 is 27.3 Å². The maximum Gasteiger partial charge on any atom is 0.111 e. The highest BCUT2D eigenvalue weighted by atomic mass is 79.9. The number of hydrogen-bond donors (Lipinski definition) is 2. The normalized spacial score (nSPS) is 15.1. The lowest BCUT2D eigenvalue weighted by molar-refractivity contribution is 0.820. The minimum atomic E-state index is 0.743. The van der Waals surface area contributed by atoms with Crippen LogP contribution in [-0.4, -0.2) is 11.5 Å². The number of nitrogens with one attached hydrogen (secondary N) is 1. The summed E-state index contributed by atoms with van der Waals surface area (Å²) in [5.74, 6) is 0. The van der Waals surface area contributed by atoms with Crippen LogP contribution < -0.4 is 11.1 Å². The van der Waals surface area contributed by atoms with Crippen LogP contribution in [0.15, 0.2) is 10.8 Å². The molecule has 12 heavy (non-hydrogen) atoms. The maximum atomic E-state index is 5.76. The Hall–Kier alpha value is -0.770. The topological polar surface area (TPSA) is 50.9 Å². The fraction of sp³-hybridized carbons (Fsp3) is 0.375. The lowest BCUT2D eigenvalue weighted by Crippen LogP contribution is -2.14. The Bertz CT molecular complexity index is 280. The molecule has 0 aliphatic carbocycles. The quantitative estimate of drug-likeness (QED) is 0.665. The molecule has 3 N–H and O–H groups in total. The smallest absolute Gasteiger partial charge is 0.111 e. The average molecular weight is 228 g/mol. The summed E-state index contributed by atoms with van der Waals surface area (Å²) in [5.41, 5.74) is 8.78. The molecule has 1 aromatic rings. The Morgan fingerprint density at radius 3 is 3.17 bits per heavy atom. The fourth-order valence-corrected chi connectivity index (χ4v) is 1.96. The molecule has 1 aromatic heterocycles. The highest BCUT2D eigenvalue weighted by Crippen LogP contribution is 2.31. The van der Waals surface area contributed by atoms with Crippen molar-refractivity contribution in [2.24, 2.45) is 0 Å². The van der Waals surface area contributed by atoms with Crippen molar-refractivity contribution in [3.05, 3.63) is 16.4 Å². The lowest BCUT2D eigenvalue weighted by atomic mass is 10.1. The SMILES string of the molecule is Nc1cnc(Br)c2c1NCCC2. The molecule has 2 rings (SSSR count). The Kier molecular flexibility index (Phi) is 1.92. The first-order valence-corrected chi connectivity index (χ1v) is 4.75. The fourth-order valence-electron chi connectivity index (χ4n) is 1.46. The number of pyridine rings is 1. The Morgan fingerprint density at radius 2 is 2.42 bits per heavy atom. The van der Waals surface area contributed by atoms with E-state index in [4.69, 9.17) is 5.73 Å². The molecule has 0 atom stereocenters. The summed E-state index contributed by atoms with van der Waals surface area (Å²) in [6.07, 6.45) is 3.89. The molecular weight excluding hydrogens is 218 g/mol. The van der Waals surface area contributed by atoms with Crippen molar-refractivity contribution in [3.8, 4) is 0 Å². The van der Waals surface area contributed by atoms with Crippen molar-refractivity contribution in [2.45, 2.75) is 12.8 Å². The summed E-state index contributed by atoms with van der Waals surface area (Å²) in [4.78, 5) is 4.14. The molecule has 0 bridgehead atoms. The molecule has 0 unspecified atom stereocenters. The molecule has 1 aliphatic rings. The van der Waals surface area contributed by atoms with Crippen LogP contribution in [0.25, 0.3) is 0 Å². The predicted molar refractivity (Wildman–Crippen MR) is 53.2 cm³/mol. The molecule has 0 radical (unpaired) electrons. The monoisotopic (exact) mass is 227 g/mol. The van der Waals surface area contributed by atoms with Crippen LogP contribution in [0.2, 0.25) is 0 Å². The van der Waals surface area contributed by atoms with Crippen molar-refractivity contribution < 1.29 is 0 Å². The Balaban J connectivity index is 2.57. The van der Waals surface area contributed by atoms with Crippen molar-refractivity contribution in [3.63, 3.8) is 0 Å². The zero-order valence-electron chi connectivity index (χ0n) is 6.60. The highest BCUT2D eigenvalue weighted by Gasteiger charge is 2.14. The molecule has 0 saturated carbocycles. The summed E-state index contributed by atoms with van der Waals surface area (Å²) >= 11 is 3.41. The Labute approximate surface area is 79.5 Å². The molecule has 0 fully saturated rings. The van der Waals surface area contributed by atoms with Crippen LogP contribution in [0.5, 0.6) is 0 Å². The van der Waals surface area contributed by atoms with E-state index < -0.39 is 0 Å². The molecular formula is C8H10BrN3. The second-order valence-electron chi connectivity index (χ2n) is 2.89. The van der Waals surface area contributed by atoms with Gasteiger partial charge in [-0.05, 0) is 28.8 Å². The van der Waals surface area contributed by atoms with Gasteiger partial charge in [0.1, 0.15) is 4.60 Å². The number of anilines is 2. The van der Waals surface area contributed by atoms with Gasteiger partial charge in [0.05, 0.1) is 17.6 Å². The minimum absolute atomic E-state index is 0.743. The molecule has 0 aromatic carbocycles. The van der Waals surface area contributed by atoms with Crippen LogP contribution in [-0.2, 0) is 6.42 Å². The third-order valence-electron chi connectivity index (χ3n) is 2.06. The van der Waals surface area contributed by atoms with E-state index in [0.29, 0.717) is 0 Å². The molecule has 0 spiro atoms. The van der Waals surface area contributed by atoms with Crippen LogP contribution in [0.3, 0.4) is 0 Å². The van der Waals surface area contributed by atoms with E-state index in [0.717, 1.165) is 35.4 Å². The van der Waals surface area contributed by atoms with Gasteiger partial charge in [-0.2, -0.15) is 0 Å². The molecule has 64 valence electrons. The minimum Gasteiger partial charge on any atom is -0.396 e. The second-order valence-corrected chi connectivity index (χ2v) is 3.64. The van der Waals surface area contributed by atoms with E-state index in [1.807, 2.05) is 0 Å². The standard InChI is InChI=1S/C8H10BrN3/c9-8-5-2-1-3-11-7(5)6(10)4-12-8/h4,11H,1-3,10H2. The molecule has 1 aliphatic heterocycles. The van der Waals surface area contributed by atoms with E-state index in [1.165, 1.54) is 5.56 Å². The van der Waals surface area contributed by atoms with Gasteiger partial charge in [0.2, 0.25) is 0 Å². The first kappa shape index (κ1) is 7.86. The van der Waals surface area contributed by atoms with Gasteiger partial charge in [0.25, 0.3) is 0 Å². The van der Waals surface area contributed by atoms with Gasteiger partial charge in [-0.3, -0.25) is 0 Å². The van der Waals surface area contributed by atoms with Crippen molar-refractivity contribution in [1.82, 2.24) is 4.98 Å². The Morgan fingerprint density at radius 1 is 1.58 bits per heavy atom. The number of nitrogen functional groups attached to an aromatic ring is 1. The van der Waals surface area contributed by atoms with Gasteiger partial charge in [0, 0.05) is 12.1 Å². The summed E-state index contributed by atoms with van der Waals surface area (Å²) in [6.45, 7) is 1.01. The zero-order valence-corrected chi connectivity index (χ0v) is 8.19. The first-order chi connectivity index (χ1) is 5.79. The van der Waals surface area contributed by atoms with Gasteiger partial charge in [-0.1, -0.05) is 0 Å². The van der Waals surface area contributed by atoms with Crippen molar-refractivity contribution in [2.75, 3.05) is 17.6 Å². The molecule has 0 amide bonds. The molecule has 2 heterocycles. The van der Waals surface area contributed by atoms with Crippen LogP contribution >= 0.6 is 15.9 Å². The largest absolute Gasteiger partial charge is 0.396 e. The lowest BCUT2D eigenvalue weighted by Gasteiger charge is -2.19. The average Bonchev–Trinajstić information content (AvgIpc) is 2.12. The zero-order chi connectivity index (χ0) is 8.55. The maximum absolute atomic E-state index is 5.76. The van der Waals surface area contributed by atoms with E-state index in [1.54, 1.807) is 6.20 Å². The first-order valence-electron chi connectivity index (χ1n) is 3.96. The summed E-state index contributed by atoms with van der Waals surface area (Å²) in [6, 6.07) is 0. The van der Waals surface area contributed by atoms with Gasteiger partial charge in [-0.15, -0.1) is 0 Å². The number of nitrogens with two attached hydrogens (primary N) is 1.